The summed E-state index contributed by atoms with van der Waals surface area (Å²) >= 11 is 3.88. The van der Waals surface area contributed by atoms with Crippen LogP contribution in [0.3, 0.4) is 0 Å². The Hall–Kier alpha value is -9.20. The molecule has 0 fully saturated rings. The Bertz CT molecular complexity index is 4260. The van der Waals surface area contributed by atoms with Crippen molar-refractivity contribution >= 4 is 99.3 Å². The van der Waals surface area contributed by atoms with Crippen LogP contribution in [0.25, 0.3) is 66.1 Å². The second-order valence-corrected chi connectivity index (χ2v) is 22.3. The molecule has 0 saturated heterocycles. The maximum absolute atomic E-state index is 6.44. The predicted molar refractivity (Wildman–Crippen MR) is 314 cm³/mol. The van der Waals surface area contributed by atoms with Crippen molar-refractivity contribution < 1.29 is 8.83 Å². The molecule has 2 spiro atoms. The number of nitrogens with zero attached hydrogens (tertiary/aromatic N) is 2. The smallest absolute Gasteiger partial charge is 0.135 e. The number of hydrogen-bond acceptors (Lipinski definition) is 6. The summed E-state index contributed by atoms with van der Waals surface area (Å²) in [7, 11) is 0. The zero-order valence-electron chi connectivity index (χ0n) is 40.8. The van der Waals surface area contributed by atoms with E-state index in [0.29, 0.717) is 0 Å². The van der Waals surface area contributed by atoms with Crippen LogP contribution >= 0.6 is 22.7 Å². The summed E-state index contributed by atoms with van der Waals surface area (Å²) in [4.78, 5) is 7.63. The topological polar surface area (TPSA) is 32.8 Å². The van der Waals surface area contributed by atoms with Gasteiger partial charge in [0.15, 0.2) is 0 Å². The molecule has 0 saturated carbocycles. The van der Waals surface area contributed by atoms with Gasteiger partial charge in [0.1, 0.15) is 32.3 Å². The number of hydrogen-bond donors (Lipinski definition) is 0. The van der Waals surface area contributed by atoms with Crippen molar-refractivity contribution in [3.8, 4) is 22.3 Å². The molecule has 4 nitrogen and oxygen atoms in total. The minimum Gasteiger partial charge on any atom is -0.456 e. The van der Waals surface area contributed by atoms with Gasteiger partial charge in [-0.05, 0) is 141 Å². The Morgan fingerprint density at radius 3 is 0.987 bits per heavy atom. The average Bonchev–Trinajstić information content (AvgIpc) is 4.39. The predicted octanol–water partition coefficient (Wildman–Crippen LogP) is 19.6. The SMILES string of the molecule is c1ccc(N(c2ccc3oc4ccccc4c3c2)c2cc3c(s2)C2(c4ccccc4-c4ccccc42)c2cc(N(c4ccccc4)c4ccc5oc6ccccc6c5c4)sc2C32c3ccccc3-c3ccccc32)cc1. The molecular weight excluding hydrogens is 965 g/mol. The van der Waals surface area contributed by atoms with E-state index in [1.165, 1.54) is 65.4 Å². The van der Waals surface area contributed by atoms with Crippen LogP contribution in [0, 0.1) is 0 Å². The number of fused-ring (bicyclic) bond motifs is 22. The molecule has 14 aromatic rings. The summed E-state index contributed by atoms with van der Waals surface area (Å²) in [6.45, 7) is 0. The fourth-order valence-corrected chi connectivity index (χ4v) is 16.5. The van der Waals surface area contributed by atoms with Crippen LogP contribution in [0.2, 0.25) is 0 Å². The number of furan rings is 2. The summed E-state index contributed by atoms with van der Waals surface area (Å²) in [5.74, 6) is 0. The summed E-state index contributed by atoms with van der Waals surface area (Å²) in [6, 6.07) is 94.0. The summed E-state index contributed by atoms with van der Waals surface area (Å²) in [5, 5.41) is 6.70. The molecule has 3 aliphatic rings. The minimum atomic E-state index is -0.687. The van der Waals surface area contributed by atoms with Gasteiger partial charge in [-0.25, -0.2) is 0 Å². The second-order valence-electron chi connectivity index (χ2n) is 20.2. The molecule has 0 amide bonds. The van der Waals surface area contributed by atoms with E-state index in [2.05, 4.69) is 252 Å². The number of thiophene rings is 2. The Morgan fingerprint density at radius 2 is 0.592 bits per heavy atom. The van der Waals surface area contributed by atoms with Crippen molar-refractivity contribution in [2.45, 2.75) is 10.8 Å². The molecule has 6 heteroatoms. The maximum Gasteiger partial charge on any atom is 0.135 e. The Kier molecular flexibility index (Phi) is 8.70. The van der Waals surface area contributed by atoms with E-state index in [-0.39, 0.29) is 0 Å². The molecule has 0 N–H and O–H groups in total. The van der Waals surface area contributed by atoms with E-state index in [9.17, 15) is 0 Å². The molecule has 0 bridgehead atoms. The van der Waals surface area contributed by atoms with Crippen molar-refractivity contribution in [2.24, 2.45) is 0 Å². The molecule has 17 rings (SSSR count). The van der Waals surface area contributed by atoms with Crippen LogP contribution in [0.4, 0.5) is 32.8 Å². The first-order valence-electron chi connectivity index (χ1n) is 25.9. The van der Waals surface area contributed by atoms with E-state index in [1.807, 2.05) is 34.8 Å². The third kappa shape index (κ3) is 5.51. The molecule has 0 radical (unpaired) electrons. The Labute approximate surface area is 446 Å². The van der Waals surface area contributed by atoms with Crippen LogP contribution in [-0.2, 0) is 10.8 Å². The molecule has 10 aromatic carbocycles. The first-order valence-corrected chi connectivity index (χ1v) is 27.5. The largest absolute Gasteiger partial charge is 0.456 e. The van der Waals surface area contributed by atoms with E-state index in [4.69, 9.17) is 8.83 Å². The van der Waals surface area contributed by atoms with Gasteiger partial charge in [0, 0.05) is 54.0 Å². The van der Waals surface area contributed by atoms with Gasteiger partial charge in [0.25, 0.3) is 0 Å². The van der Waals surface area contributed by atoms with E-state index in [1.54, 1.807) is 0 Å². The van der Waals surface area contributed by atoms with E-state index < -0.39 is 10.8 Å². The van der Waals surface area contributed by atoms with Gasteiger partial charge >= 0.3 is 0 Å². The fraction of sp³-hybridized carbons (Fsp3) is 0.0286. The molecule has 4 aromatic heterocycles. The normalized spacial score (nSPS) is 14.0. The second kappa shape index (κ2) is 15.7. The zero-order chi connectivity index (χ0) is 49.7. The fourth-order valence-electron chi connectivity index (χ4n) is 13.5. The quantitative estimate of drug-likeness (QED) is 0.166. The molecule has 0 aliphatic heterocycles. The van der Waals surface area contributed by atoms with Crippen molar-refractivity contribution in [1.29, 1.82) is 0 Å². The van der Waals surface area contributed by atoms with Gasteiger partial charge in [0.05, 0.1) is 10.8 Å². The highest BCUT2D eigenvalue weighted by Crippen LogP contribution is 2.72. The monoisotopic (exact) mass is 1010 g/mol. The van der Waals surface area contributed by atoms with Crippen molar-refractivity contribution in [3.05, 3.63) is 298 Å². The van der Waals surface area contributed by atoms with Gasteiger partial charge in [-0.2, -0.15) is 0 Å². The van der Waals surface area contributed by atoms with Crippen molar-refractivity contribution in [3.63, 3.8) is 0 Å². The van der Waals surface area contributed by atoms with Crippen LogP contribution < -0.4 is 9.80 Å². The lowest BCUT2D eigenvalue weighted by Gasteiger charge is -2.45. The average molecular weight is 1010 g/mol. The third-order valence-corrected chi connectivity index (χ3v) is 19.0. The van der Waals surface area contributed by atoms with Gasteiger partial charge in [-0.3, -0.25) is 0 Å². The molecule has 3 aliphatic carbocycles. The highest BCUT2D eigenvalue weighted by Gasteiger charge is 2.61. The van der Waals surface area contributed by atoms with Gasteiger partial charge in [-0.1, -0.05) is 170 Å². The first-order chi connectivity index (χ1) is 37.7. The molecule has 76 heavy (non-hydrogen) atoms. The third-order valence-electron chi connectivity index (χ3n) is 16.5. The van der Waals surface area contributed by atoms with Crippen LogP contribution in [-0.4, -0.2) is 0 Å². The van der Waals surface area contributed by atoms with Gasteiger partial charge in [-0.15, -0.1) is 22.7 Å². The first kappa shape index (κ1) is 42.2. The summed E-state index contributed by atoms with van der Waals surface area (Å²) < 4.78 is 12.9. The number of anilines is 6. The van der Waals surface area contributed by atoms with Crippen molar-refractivity contribution in [1.82, 2.24) is 0 Å². The van der Waals surface area contributed by atoms with E-state index in [0.717, 1.165) is 76.6 Å². The molecule has 4 heterocycles. The number of benzene rings is 10. The minimum absolute atomic E-state index is 0.687. The van der Waals surface area contributed by atoms with Crippen LogP contribution in [0.15, 0.2) is 264 Å². The Morgan fingerprint density at radius 1 is 0.263 bits per heavy atom. The molecule has 0 unspecified atom stereocenters. The molecule has 356 valence electrons. The van der Waals surface area contributed by atoms with Gasteiger partial charge < -0.3 is 18.6 Å². The lowest BCUT2D eigenvalue weighted by molar-refractivity contribution is 0.662. The Balaban J connectivity index is 1.01. The standard InChI is InChI=1S/C70H42N2O2S2/c1-3-19-43(20-4-1)71(45-35-37-63-53(39-45)51-27-11-17-33-61(51)73-63)65-41-59-67(75-65)70(57-31-15-9-25-49(57)50-26-10-16-32-58(50)70)60-42-66(76-68(60)69(59)55-29-13-7-23-47(55)48-24-8-14-30-56(48)69)72(44-21-5-2-6-22-44)46-36-38-64-54(40-46)52-28-12-18-34-62(52)74-64/h1-42H. The van der Waals surface area contributed by atoms with Crippen molar-refractivity contribution in [2.75, 3.05) is 9.80 Å². The lowest BCUT2D eigenvalue weighted by Crippen LogP contribution is -2.41. The highest BCUT2D eigenvalue weighted by atomic mass is 32.1. The van der Waals surface area contributed by atoms with Crippen LogP contribution in [0.5, 0.6) is 0 Å². The zero-order valence-corrected chi connectivity index (χ0v) is 42.4. The summed E-state index contributed by atoms with van der Waals surface area (Å²) in [6.07, 6.45) is 0. The van der Waals surface area contributed by atoms with Crippen LogP contribution in [0.1, 0.15) is 43.1 Å². The van der Waals surface area contributed by atoms with Gasteiger partial charge in [0.2, 0.25) is 0 Å². The molecule has 0 atom stereocenters. The number of rotatable bonds is 6. The number of para-hydroxylation sites is 4. The highest BCUT2D eigenvalue weighted by molar-refractivity contribution is 7.18. The molecular formula is C70H42N2O2S2. The van der Waals surface area contributed by atoms with E-state index >= 15 is 0 Å². The maximum atomic E-state index is 6.44. The lowest BCUT2D eigenvalue weighted by atomic mass is 9.58. The summed E-state index contributed by atoms with van der Waals surface area (Å²) in [5.41, 5.74) is 19.4.